The summed E-state index contributed by atoms with van der Waals surface area (Å²) in [5.74, 6) is 0.808. The van der Waals surface area contributed by atoms with Crippen LogP contribution in [0.25, 0.3) is 11.0 Å². The first kappa shape index (κ1) is 20.8. The van der Waals surface area contributed by atoms with Crippen molar-refractivity contribution in [2.24, 2.45) is 27.2 Å². The molecule has 0 radical (unpaired) electrons. The van der Waals surface area contributed by atoms with E-state index in [-0.39, 0.29) is 22.7 Å². The molecule has 10 nitrogen and oxygen atoms in total. The van der Waals surface area contributed by atoms with Gasteiger partial charge in [-0.05, 0) is 49.2 Å². The van der Waals surface area contributed by atoms with Crippen LogP contribution >= 0.6 is 0 Å². The normalized spacial score (nSPS) is 16.5. The van der Waals surface area contributed by atoms with Crippen LogP contribution < -0.4 is 17.2 Å². The second-order valence-electron chi connectivity index (χ2n) is 7.32. The summed E-state index contributed by atoms with van der Waals surface area (Å²) >= 11 is 0. The Morgan fingerprint density at radius 1 is 1.03 bits per heavy atom. The summed E-state index contributed by atoms with van der Waals surface area (Å²) in [7, 11) is -3.60. The maximum atomic E-state index is 13.0. The minimum absolute atomic E-state index is 0.108. The smallest absolute Gasteiger partial charge is 0.243 e. The molecule has 31 heavy (non-hydrogen) atoms. The number of para-hydroxylation sites is 2. The molecule has 0 aliphatic carbocycles. The first-order chi connectivity index (χ1) is 14.8. The minimum atomic E-state index is -3.60. The number of piperidine rings is 1. The van der Waals surface area contributed by atoms with E-state index in [9.17, 15) is 8.42 Å². The first-order valence-electron chi connectivity index (χ1n) is 9.81. The number of aromatic nitrogens is 2. The molecule has 1 fully saturated rings. The summed E-state index contributed by atoms with van der Waals surface area (Å²) < 4.78 is 27.6. The number of benzene rings is 2. The summed E-state index contributed by atoms with van der Waals surface area (Å²) in [6, 6.07) is 14.0. The number of imidazole rings is 1. The predicted octanol–water partition coefficient (Wildman–Crippen LogP) is 1.35. The number of hydrogen-bond donors (Lipinski definition) is 4. The number of rotatable bonds is 4. The highest BCUT2D eigenvalue weighted by molar-refractivity contribution is 7.89. The molecule has 1 aliphatic heterocycles. The number of aliphatic imine (C=N–C) groups is 2. The summed E-state index contributed by atoms with van der Waals surface area (Å²) in [5, 5.41) is 0. The SMILES string of the molecule is NC(N)=NC(N)=Nc1ccc(S(=O)(=O)N2CCC(c3nc4ccccc4[nH]3)CC2)cc1. The van der Waals surface area contributed by atoms with E-state index in [0.29, 0.717) is 31.6 Å². The van der Waals surface area contributed by atoms with Crippen LogP contribution in [-0.2, 0) is 10.0 Å². The molecule has 1 aromatic heterocycles. The largest absolute Gasteiger partial charge is 0.370 e. The van der Waals surface area contributed by atoms with Crippen molar-refractivity contribution in [2.75, 3.05) is 13.1 Å². The fourth-order valence-corrected chi connectivity index (χ4v) is 5.14. The number of guanidine groups is 2. The number of nitrogens with two attached hydrogens (primary N) is 3. The van der Waals surface area contributed by atoms with Crippen LogP contribution in [0.1, 0.15) is 24.6 Å². The Labute approximate surface area is 179 Å². The molecule has 0 spiro atoms. The molecule has 0 unspecified atom stereocenters. The van der Waals surface area contributed by atoms with E-state index >= 15 is 0 Å². The van der Waals surface area contributed by atoms with Gasteiger partial charge >= 0.3 is 0 Å². The molecule has 0 atom stereocenters. The molecule has 11 heteroatoms. The standard InChI is InChI=1S/C20H24N8O2S/c21-19(22)27-20(23)24-14-5-7-15(8-6-14)31(29,30)28-11-9-13(10-12-28)18-25-16-3-1-2-4-17(16)26-18/h1-8,13H,9-12H2,(H,25,26)(H6,21,22,23,24,27). The molecule has 2 aromatic carbocycles. The summed E-state index contributed by atoms with van der Waals surface area (Å²) in [5.41, 5.74) is 18.5. The third kappa shape index (κ3) is 4.52. The Morgan fingerprint density at radius 3 is 2.35 bits per heavy atom. The molecule has 0 amide bonds. The number of nitrogens with one attached hydrogen (secondary N) is 1. The summed E-state index contributed by atoms with van der Waals surface area (Å²) in [6.07, 6.45) is 1.41. The van der Waals surface area contributed by atoms with E-state index in [1.54, 1.807) is 12.1 Å². The predicted molar refractivity (Wildman–Crippen MR) is 120 cm³/mol. The molecule has 7 N–H and O–H groups in total. The van der Waals surface area contributed by atoms with Crippen molar-refractivity contribution in [3.8, 4) is 0 Å². The number of sulfonamides is 1. The topological polar surface area (TPSA) is 169 Å². The number of fused-ring (bicyclic) bond motifs is 1. The fraction of sp³-hybridized carbons (Fsp3) is 0.250. The summed E-state index contributed by atoms with van der Waals surface area (Å²) in [4.78, 5) is 15.9. The van der Waals surface area contributed by atoms with Crippen LogP contribution in [0.15, 0.2) is 63.4 Å². The maximum Gasteiger partial charge on any atom is 0.243 e. The average Bonchev–Trinajstić information content (AvgIpc) is 3.18. The molecule has 2 heterocycles. The van der Waals surface area contributed by atoms with Gasteiger partial charge in [-0.25, -0.2) is 18.4 Å². The van der Waals surface area contributed by atoms with Gasteiger partial charge < -0.3 is 22.2 Å². The van der Waals surface area contributed by atoms with Crippen LogP contribution in [0.3, 0.4) is 0 Å². The monoisotopic (exact) mass is 440 g/mol. The molecule has 162 valence electrons. The van der Waals surface area contributed by atoms with Gasteiger partial charge in [-0.1, -0.05) is 12.1 Å². The van der Waals surface area contributed by atoms with E-state index in [0.717, 1.165) is 16.9 Å². The Bertz CT molecular complexity index is 1200. The molecule has 4 rings (SSSR count). The first-order valence-corrected chi connectivity index (χ1v) is 11.3. The zero-order valence-corrected chi connectivity index (χ0v) is 17.6. The van der Waals surface area contributed by atoms with Crippen molar-refractivity contribution in [3.63, 3.8) is 0 Å². The van der Waals surface area contributed by atoms with E-state index in [1.165, 1.54) is 16.4 Å². The van der Waals surface area contributed by atoms with Crippen molar-refractivity contribution >= 4 is 38.7 Å². The van der Waals surface area contributed by atoms with Crippen LogP contribution in [0.4, 0.5) is 5.69 Å². The van der Waals surface area contributed by atoms with Gasteiger partial charge in [-0.2, -0.15) is 9.30 Å². The van der Waals surface area contributed by atoms with Gasteiger partial charge in [0.2, 0.25) is 16.0 Å². The molecule has 0 bridgehead atoms. The maximum absolute atomic E-state index is 13.0. The van der Waals surface area contributed by atoms with Gasteiger partial charge in [0.15, 0.2) is 5.96 Å². The highest BCUT2D eigenvalue weighted by Crippen LogP contribution is 2.30. The fourth-order valence-electron chi connectivity index (χ4n) is 3.67. The Kier molecular flexibility index (Phi) is 5.61. The van der Waals surface area contributed by atoms with Gasteiger partial charge in [0.05, 0.1) is 21.6 Å². The lowest BCUT2D eigenvalue weighted by Gasteiger charge is -2.30. The van der Waals surface area contributed by atoms with Crippen molar-refractivity contribution in [3.05, 3.63) is 54.4 Å². The molecule has 1 saturated heterocycles. The Hall–Kier alpha value is -3.44. The zero-order chi connectivity index (χ0) is 22.0. The van der Waals surface area contributed by atoms with Crippen molar-refractivity contribution < 1.29 is 8.42 Å². The van der Waals surface area contributed by atoms with Crippen LogP contribution in [0, 0.1) is 0 Å². The van der Waals surface area contributed by atoms with Crippen LogP contribution in [0.5, 0.6) is 0 Å². The average molecular weight is 441 g/mol. The van der Waals surface area contributed by atoms with Crippen LogP contribution in [0.2, 0.25) is 0 Å². The number of H-pyrrole nitrogens is 1. The zero-order valence-electron chi connectivity index (χ0n) is 16.8. The second-order valence-corrected chi connectivity index (χ2v) is 9.26. The molecular weight excluding hydrogens is 416 g/mol. The van der Waals surface area contributed by atoms with Crippen molar-refractivity contribution in [2.45, 2.75) is 23.7 Å². The van der Waals surface area contributed by atoms with Gasteiger partial charge in [-0.15, -0.1) is 0 Å². The van der Waals surface area contributed by atoms with E-state index in [2.05, 4.69) is 20.0 Å². The highest BCUT2D eigenvalue weighted by Gasteiger charge is 2.31. The third-order valence-corrected chi connectivity index (χ3v) is 7.12. The molecule has 3 aromatic rings. The molecule has 0 saturated carbocycles. The van der Waals surface area contributed by atoms with Crippen molar-refractivity contribution in [1.82, 2.24) is 14.3 Å². The number of nitrogens with zero attached hydrogens (tertiary/aromatic N) is 4. The van der Waals surface area contributed by atoms with E-state index in [1.807, 2.05) is 24.3 Å². The lowest BCUT2D eigenvalue weighted by Crippen LogP contribution is -2.38. The van der Waals surface area contributed by atoms with Gasteiger partial charge in [-0.3, -0.25) is 0 Å². The van der Waals surface area contributed by atoms with Crippen LogP contribution in [-0.4, -0.2) is 47.7 Å². The summed E-state index contributed by atoms with van der Waals surface area (Å²) in [6.45, 7) is 0.864. The number of aromatic amines is 1. The van der Waals surface area contributed by atoms with Gasteiger partial charge in [0, 0.05) is 19.0 Å². The second kappa shape index (κ2) is 8.36. The molecular formula is C20H24N8O2S. The van der Waals surface area contributed by atoms with Crippen molar-refractivity contribution in [1.29, 1.82) is 0 Å². The van der Waals surface area contributed by atoms with Gasteiger partial charge in [0.25, 0.3) is 0 Å². The minimum Gasteiger partial charge on any atom is -0.370 e. The van der Waals surface area contributed by atoms with E-state index in [4.69, 9.17) is 17.2 Å². The third-order valence-electron chi connectivity index (χ3n) is 5.21. The highest BCUT2D eigenvalue weighted by atomic mass is 32.2. The number of hydrogen-bond acceptors (Lipinski definition) is 4. The van der Waals surface area contributed by atoms with E-state index < -0.39 is 10.0 Å². The molecule has 1 aliphatic rings. The lowest BCUT2D eigenvalue weighted by molar-refractivity contribution is 0.314. The lowest BCUT2D eigenvalue weighted by atomic mass is 9.97. The quantitative estimate of drug-likeness (QED) is 0.352. The van der Waals surface area contributed by atoms with Gasteiger partial charge in [0.1, 0.15) is 5.82 Å². The Balaban J connectivity index is 1.44. The Morgan fingerprint density at radius 2 is 1.71 bits per heavy atom.